The predicted octanol–water partition coefficient (Wildman–Crippen LogP) is 2.78. The number of hydrogen-bond acceptors (Lipinski definition) is 6. The van der Waals surface area contributed by atoms with Crippen molar-refractivity contribution >= 4 is 29.1 Å². The topological polar surface area (TPSA) is 109 Å². The predicted molar refractivity (Wildman–Crippen MR) is 127 cm³/mol. The molecule has 10 heteroatoms. The minimum atomic E-state index is -0.826. The van der Waals surface area contributed by atoms with E-state index in [4.69, 9.17) is 21.1 Å². The number of carbonyl (C=O) groups excluding carboxylic acids is 2. The van der Waals surface area contributed by atoms with Crippen LogP contribution in [0, 0.1) is 5.82 Å². The lowest BCUT2D eigenvalue weighted by Crippen LogP contribution is -2.71. The second-order valence-electron chi connectivity index (χ2n) is 9.54. The molecule has 3 saturated carbocycles. The molecule has 0 spiro atoms. The highest BCUT2D eigenvalue weighted by molar-refractivity contribution is 6.30. The minimum Gasteiger partial charge on any atom is -0.484 e. The first-order chi connectivity index (χ1) is 16.8. The highest BCUT2D eigenvalue weighted by Gasteiger charge is 2.55. The van der Waals surface area contributed by atoms with Crippen LogP contribution in [-0.2, 0) is 9.59 Å². The molecule has 1 aliphatic heterocycles. The number of nitrogens with one attached hydrogen (secondary N) is 3. The molecular formula is C25H27ClFN3O5. The van der Waals surface area contributed by atoms with E-state index in [1.807, 2.05) is 24.3 Å². The van der Waals surface area contributed by atoms with Crippen molar-refractivity contribution in [2.45, 2.75) is 55.4 Å². The van der Waals surface area contributed by atoms with Gasteiger partial charge in [-0.25, -0.2) is 4.39 Å². The molecule has 0 saturated heterocycles. The van der Waals surface area contributed by atoms with Gasteiger partial charge in [-0.15, -0.1) is 0 Å². The minimum absolute atomic E-state index is 0.0278. The van der Waals surface area contributed by atoms with Crippen LogP contribution in [0.25, 0.3) is 0 Å². The van der Waals surface area contributed by atoms with Crippen LogP contribution in [0.1, 0.15) is 32.1 Å². The Labute approximate surface area is 207 Å². The summed E-state index contributed by atoms with van der Waals surface area (Å²) in [6.07, 6.45) is 1.11. The summed E-state index contributed by atoms with van der Waals surface area (Å²) < 4.78 is 24.8. The van der Waals surface area contributed by atoms with Gasteiger partial charge in [0.2, 0.25) is 0 Å². The summed E-state index contributed by atoms with van der Waals surface area (Å²) in [5.41, 5.74) is -0.466. The molecule has 2 bridgehead atoms. The SMILES string of the molecule is O=C(COc1ccc(Cl)c(F)c1)NC12CCC(NC(=O)C3CNc4ccccc4O3)(CC1)C[C@@H]2O. The van der Waals surface area contributed by atoms with Gasteiger partial charge in [-0.1, -0.05) is 23.7 Å². The van der Waals surface area contributed by atoms with Crippen LogP contribution in [0.2, 0.25) is 5.02 Å². The molecule has 4 aliphatic rings. The van der Waals surface area contributed by atoms with E-state index in [0.29, 0.717) is 44.4 Å². The summed E-state index contributed by atoms with van der Waals surface area (Å²) in [6.45, 7) is 0.0455. The summed E-state index contributed by atoms with van der Waals surface area (Å²) in [7, 11) is 0. The van der Waals surface area contributed by atoms with Gasteiger partial charge >= 0.3 is 0 Å². The number of rotatable bonds is 6. The number of carbonyl (C=O) groups is 2. The first kappa shape index (κ1) is 23.7. The maximum Gasteiger partial charge on any atom is 0.263 e. The fourth-order valence-electron chi connectivity index (χ4n) is 5.29. The van der Waals surface area contributed by atoms with Crippen LogP contribution >= 0.6 is 11.6 Å². The molecule has 4 N–H and O–H groups in total. The quantitative estimate of drug-likeness (QED) is 0.483. The molecule has 2 atom stereocenters. The van der Waals surface area contributed by atoms with Gasteiger partial charge in [0.25, 0.3) is 11.8 Å². The van der Waals surface area contributed by atoms with E-state index in [0.717, 1.165) is 11.8 Å². The molecule has 3 aliphatic carbocycles. The highest BCUT2D eigenvalue weighted by atomic mass is 35.5. The zero-order valence-corrected chi connectivity index (χ0v) is 19.7. The van der Waals surface area contributed by atoms with Gasteiger partial charge in [0, 0.05) is 11.6 Å². The van der Waals surface area contributed by atoms with Gasteiger partial charge in [0.1, 0.15) is 17.3 Å². The van der Waals surface area contributed by atoms with Crippen molar-refractivity contribution in [3.8, 4) is 11.5 Å². The molecule has 2 aromatic rings. The van der Waals surface area contributed by atoms with Gasteiger partial charge in [0.05, 0.1) is 28.9 Å². The lowest BCUT2D eigenvalue weighted by molar-refractivity contribution is -0.139. The van der Waals surface area contributed by atoms with Crippen molar-refractivity contribution in [3.63, 3.8) is 0 Å². The van der Waals surface area contributed by atoms with E-state index in [2.05, 4.69) is 16.0 Å². The first-order valence-corrected chi connectivity index (χ1v) is 12.0. The molecule has 2 amide bonds. The molecule has 0 aromatic heterocycles. The molecule has 0 radical (unpaired) electrons. The van der Waals surface area contributed by atoms with Crippen LogP contribution in [0.4, 0.5) is 10.1 Å². The number of para-hydroxylation sites is 2. The number of aliphatic hydroxyl groups is 1. The maximum absolute atomic E-state index is 13.6. The number of fused-ring (bicyclic) bond motifs is 4. The van der Waals surface area contributed by atoms with E-state index in [9.17, 15) is 19.1 Å². The van der Waals surface area contributed by atoms with Crippen LogP contribution < -0.4 is 25.4 Å². The summed E-state index contributed by atoms with van der Waals surface area (Å²) in [6, 6.07) is 11.4. The Morgan fingerprint density at radius 3 is 2.69 bits per heavy atom. The fraction of sp³-hybridized carbons (Fsp3) is 0.440. The summed E-state index contributed by atoms with van der Waals surface area (Å²) in [4.78, 5) is 25.6. The van der Waals surface area contributed by atoms with Crippen molar-refractivity contribution < 1.29 is 28.6 Å². The number of anilines is 1. The van der Waals surface area contributed by atoms with Crippen LogP contribution in [0.3, 0.4) is 0 Å². The third-order valence-corrected chi connectivity index (χ3v) is 7.59. The number of ether oxygens (including phenoxy) is 2. The van der Waals surface area contributed by atoms with Crippen LogP contribution in [0.5, 0.6) is 11.5 Å². The molecule has 1 heterocycles. The molecule has 6 rings (SSSR count). The Morgan fingerprint density at radius 2 is 1.94 bits per heavy atom. The number of benzene rings is 2. The van der Waals surface area contributed by atoms with E-state index in [1.165, 1.54) is 12.1 Å². The van der Waals surface area contributed by atoms with Crippen LogP contribution in [-0.4, -0.2) is 53.4 Å². The standard InChI is InChI=1S/C25H27ClFN3O5/c26-16-6-5-15(11-17(16)27)34-14-22(32)29-25-9-7-24(8-10-25,12-21(25)31)30-23(33)20-13-28-18-3-1-2-4-19(18)35-20/h1-6,11,20-21,28,31H,7-10,12-14H2,(H,29,32)(H,30,33)/t20?,21-,24?,25?/m0/s1. The van der Waals surface area contributed by atoms with Gasteiger partial charge in [-0.3, -0.25) is 9.59 Å². The Bertz CT molecular complexity index is 1140. The number of halogens is 2. The van der Waals surface area contributed by atoms with Crippen molar-refractivity contribution in [3.05, 3.63) is 53.3 Å². The van der Waals surface area contributed by atoms with E-state index >= 15 is 0 Å². The number of hydrogen-bond donors (Lipinski definition) is 4. The van der Waals surface area contributed by atoms with Crippen molar-refractivity contribution in [1.29, 1.82) is 0 Å². The smallest absolute Gasteiger partial charge is 0.263 e. The first-order valence-electron chi connectivity index (χ1n) is 11.7. The summed E-state index contributed by atoms with van der Waals surface area (Å²) in [5, 5.41) is 20.2. The van der Waals surface area contributed by atoms with Crippen molar-refractivity contribution in [2.24, 2.45) is 0 Å². The highest BCUT2D eigenvalue weighted by Crippen LogP contribution is 2.47. The number of amides is 2. The summed E-state index contributed by atoms with van der Waals surface area (Å²) >= 11 is 5.66. The molecular weight excluding hydrogens is 477 g/mol. The van der Waals surface area contributed by atoms with Gasteiger partial charge in [-0.05, 0) is 56.4 Å². The maximum atomic E-state index is 13.6. The number of aliphatic hydroxyl groups excluding tert-OH is 1. The monoisotopic (exact) mass is 503 g/mol. The third kappa shape index (κ3) is 4.75. The van der Waals surface area contributed by atoms with E-state index in [1.54, 1.807) is 0 Å². The molecule has 1 unspecified atom stereocenters. The van der Waals surface area contributed by atoms with Gasteiger partial charge in [-0.2, -0.15) is 0 Å². The second-order valence-corrected chi connectivity index (χ2v) is 9.95. The molecule has 186 valence electrons. The van der Waals surface area contributed by atoms with Crippen molar-refractivity contribution in [2.75, 3.05) is 18.5 Å². The average molecular weight is 504 g/mol. The van der Waals surface area contributed by atoms with Crippen LogP contribution in [0.15, 0.2) is 42.5 Å². The molecule has 2 aromatic carbocycles. The van der Waals surface area contributed by atoms with Crippen molar-refractivity contribution in [1.82, 2.24) is 10.6 Å². The summed E-state index contributed by atoms with van der Waals surface area (Å²) in [5.74, 6) is -0.431. The lowest BCUT2D eigenvalue weighted by atomic mass is 9.60. The lowest BCUT2D eigenvalue weighted by Gasteiger charge is -2.56. The fourth-order valence-corrected chi connectivity index (χ4v) is 5.41. The van der Waals surface area contributed by atoms with Gasteiger partial charge in [0.15, 0.2) is 12.7 Å². The largest absolute Gasteiger partial charge is 0.484 e. The Kier molecular flexibility index (Phi) is 6.23. The zero-order valence-electron chi connectivity index (χ0n) is 19.0. The average Bonchev–Trinajstić information content (AvgIpc) is 2.85. The molecule has 3 fully saturated rings. The zero-order chi connectivity index (χ0) is 24.6. The third-order valence-electron chi connectivity index (χ3n) is 7.29. The Morgan fingerprint density at radius 1 is 1.17 bits per heavy atom. The van der Waals surface area contributed by atoms with Gasteiger partial charge < -0.3 is 30.5 Å². The van der Waals surface area contributed by atoms with E-state index in [-0.39, 0.29) is 23.3 Å². The second kappa shape index (κ2) is 9.20. The molecule has 8 nitrogen and oxygen atoms in total. The molecule has 35 heavy (non-hydrogen) atoms. The van der Waals surface area contributed by atoms with E-state index < -0.39 is 35.0 Å². The normalized spacial score (nSPS) is 28.8. The Balaban J connectivity index is 1.16. The Hall–Kier alpha value is -3.04.